The molecule has 2 aromatic carbocycles. The Bertz CT molecular complexity index is 982. The number of rotatable bonds is 6. The molecule has 1 heterocycles. The lowest BCUT2D eigenvalue weighted by molar-refractivity contribution is 0.0525. The van der Waals surface area contributed by atoms with Gasteiger partial charge in [-0.25, -0.2) is 9.48 Å². The molecule has 146 valence electrons. The number of nitrogens with two attached hydrogens (primary N) is 1. The molecule has 0 radical (unpaired) electrons. The third kappa shape index (κ3) is 3.88. The van der Waals surface area contributed by atoms with Gasteiger partial charge in [0, 0.05) is 11.6 Å². The zero-order chi connectivity index (χ0) is 18.8. The standard InChI is InChI=1S/C21H22N4O2.ClH/c1-2-27-21(26)19-13-23-25(20(19)14-9-10-14)18-8-4-6-16(12-18)15-5-3-7-17(11-15)24-22;/h3-8,11-14,24H,2,9-10,22H2,1H3;1H. The molecule has 0 amide bonds. The van der Waals surface area contributed by atoms with Crippen molar-refractivity contribution >= 4 is 24.1 Å². The van der Waals surface area contributed by atoms with Crippen LogP contribution < -0.4 is 11.3 Å². The topological polar surface area (TPSA) is 82.2 Å². The Hall–Kier alpha value is -2.83. The summed E-state index contributed by atoms with van der Waals surface area (Å²) in [5.74, 6) is 5.58. The summed E-state index contributed by atoms with van der Waals surface area (Å²) >= 11 is 0. The molecule has 0 aliphatic heterocycles. The summed E-state index contributed by atoms with van der Waals surface area (Å²) in [5.41, 5.74) is 8.07. The van der Waals surface area contributed by atoms with Crippen LogP contribution in [0, 0.1) is 0 Å². The Kier molecular flexibility index (Phi) is 6.02. The molecule has 3 N–H and O–H groups in total. The molecule has 3 aromatic rings. The van der Waals surface area contributed by atoms with Crippen molar-refractivity contribution in [3.05, 3.63) is 66.0 Å². The Morgan fingerprint density at radius 3 is 2.61 bits per heavy atom. The predicted molar refractivity (Wildman–Crippen MR) is 112 cm³/mol. The highest BCUT2D eigenvalue weighted by Gasteiger charge is 2.33. The predicted octanol–water partition coefficient (Wildman–Crippen LogP) is 4.30. The highest BCUT2D eigenvalue weighted by Crippen LogP contribution is 2.42. The Balaban J connectivity index is 0.00000225. The average molecular weight is 399 g/mol. The van der Waals surface area contributed by atoms with Crippen molar-refractivity contribution in [1.82, 2.24) is 9.78 Å². The van der Waals surface area contributed by atoms with Gasteiger partial charge in [0.05, 0.1) is 24.2 Å². The molecule has 1 aliphatic rings. The fourth-order valence-corrected chi connectivity index (χ4v) is 3.29. The zero-order valence-corrected chi connectivity index (χ0v) is 16.4. The van der Waals surface area contributed by atoms with Gasteiger partial charge in [-0.15, -0.1) is 12.4 Å². The number of aromatic nitrogens is 2. The first-order chi connectivity index (χ1) is 13.2. The maximum absolute atomic E-state index is 12.3. The van der Waals surface area contributed by atoms with Gasteiger partial charge in [0.1, 0.15) is 5.56 Å². The molecule has 0 saturated heterocycles. The van der Waals surface area contributed by atoms with E-state index in [0.29, 0.717) is 18.1 Å². The molecule has 0 bridgehead atoms. The summed E-state index contributed by atoms with van der Waals surface area (Å²) in [5, 5.41) is 4.50. The van der Waals surface area contributed by atoms with Crippen LogP contribution in [-0.4, -0.2) is 22.4 Å². The number of halogens is 1. The van der Waals surface area contributed by atoms with Crippen LogP contribution in [0.15, 0.2) is 54.7 Å². The normalized spacial score (nSPS) is 12.9. The summed E-state index contributed by atoms with van der Waals surface area (Å²) < 4.78 is 7.08. The third-order valence-electron chi connectivity index (χ3n) is 4.72. The smallest absolute Gasteiger partial charge is 0.341 e. The Morgan fingerprint density at radius 1 is 1.21 bits per heavy atom. The number of esters is 1. The molecule has 0 spiro atoms. The number of anilines is 1. The molecular formula is C21H23ClN4O2. The maximum Gasteiger partial charge on any atom is 0.341 e. The number of ether oxygens (including phenoxy) is 1. The summed E-state index contributed by atoms with van der Waals surface area (Å²) in [6.45, 7) is 2.17. The minimum Gasteiger partial charge on any atom is -0.462 e. The van der Waals surface area contributed by atoms with Crippen molar-refractivity contribution in [1.29, 1.82) is 0 Å². The second kappa shape index (κ2) is 8.46. The number of carbonyl (C=O) groups excluding carboxylic acids is 1. The van der Waals surface area contributed by atoms with Gasteiger partial charge in [-0.1, -0.05) is 24.3 Å². The number of hydrazine groups is 1. The van der Waals surface area contributed by atoms with Crippen LogP contribution in [0.3, 0.4) is 0 Å². The first-order valence-corrected chi connectivity index (χ1v) is 9.13. The van der Waals surface area contributed by atoms with Crippen LogP contribution in [0.25, 0.3) is 16.8 Å². The van der Waals surface area contributed by atoms with Gasteiger partial charge < -0.3 is 10.2 Å². The minimum absolute atomic E-state index is 0. The summed E-state index contributed by atoms with van der Waals surface area (Å²) in [7, 11) is 0. The largest absolute Gasteiger partial charge is 0.462 e. The maximum atomic E-state index is 12.3. The van der Waals surface area contributed by atoms with E-state index >= 15 is 0 Å². The van der Waals surface area contributed by atoms with Gasteiger partial charge in [0.25, 0.3) is 0 Å². The third-order valence-corrected chi connectivity index (χ3v) is 4.72. The van der Waals surface area contributed by atoms with E-state index in [2.05, 4.69) is 16.6 Å². The molecule has 7 heteroatoms. The van der Waals surface area contributed by atoms with E-state index in [0.717, 1.165) is 41.0 Å². The minimum atomic E-state index is -0.302. The fourth-order valence-electron chi connectivity index (χ4n) is 3.29. The highest BCUT2D eigenvalue weighted by atomic mass is 35.5. The Morgan fingerprint density at radius 2 is 1.93 bits per heavy atom. The zero-order valence-electron chi connectivity index (χ0n) is 15.6. The van der Waals surface area contributed by atoms with E-state index in [4.69, 9.17) is 10.6 Å². The van der Waals surface area contributed by atoms with Crippen LogP contribution in [0.5, 0.6) is 0 Å². The van der Waals surface area contributed by atoms with Gasteiger partial charge in [-0.3, -0.25) is 5.84 Å². The van der Waals surface area contributed by atoms with Gasteiger partial charge in [0.15, 0.2) is 0 Å². The summed E-state index contributed by atoms with van der Waals surface area (Å²) in [6.07, 6.45) is 3.77. The van der Waals surface area contributed by atoms with Crippen LogP contribution in [0.1, 0.15) is 41.7 Å². The van der Waals surface area contributed by atoms with E-state index < -0.39 is 0 Å². The number of benzene rings is 2. The van der Waals surface area contributed by atoms with Crippen LogP contribution in [-0.2, 0) is 4.74 Å². The fraction of sp³-hybridized carbons (Fsp3) is 0.238. The van der Waals surface area contributed by atoms with Crippen molar-refractivity contribution in [3.8, 4) is 16.8 Å². The molecule has 1 saturated carbocycles. The van der Waals surface area contributed by atoms with Crippen molar-refractivity contribution < 1.29 is 9.53 Å². The van der Waals surface area contributed by atoms with Gasteiger partial charge in [0.2, 0.25) is 0 Å². The number of nitrogen functional groups attached to an aromatic ring is 1. The quantitative estimate of drug-likeness (QED) is 0.367. The molecule has 0 unspecified atom stereocenters. The van der Waals surface area contributed by atoms with Crippen LogP contribution >= 0.6 is 12.4 Å². The van der Waals surface area contributed by atoms with E-state index in [9.17, 15) is 4.79 Å². The number of nitrogens with one attached hydrogen (secondary N) is 1. The molecule has 28 heavy (non-hydrogen) atoms. The molecule has 6 nitrogen and oxygen atoms in total. The lowest BCUT2D eigenvalue weighted by atomic mass is 10.0. The van der Waals surface area contributed by atoms with Crippen molar-refractivity contribution in [2.45, 2.75) is 25.7 Å². The number of hydrogen-bond donors (Lipinski definition) is 2. The second-order valence-electron chi connectivity index (χ2n) is 6.63. The summed E-state index contributed by atoms with van der Waals surface area (Å²) in [6, 6.07) is 16.0. The molecule has 0 atom stereocenters. The van der Waals surface area contributed by atoms with Gasteiger partial charge in [-0.2, -0.15) is 5.10 Å². The molecule has 4 rings (SSSR count). The molecular weight excluding hydrogens is 376 g/mol. The van der Waals surface area contributed by atoms with Crippen LogP contribution in [0.2, 0.25) is 0 Å². The first-order valence-electron chi connectivity index (χ1n) is 9.13. The highest BCUT2D eigenvalue weighted by molar-refractivity contribution is 5.91. The van der Waals surface area contributed by atoms with E-state index in [1.807, 2.05) is 54.1 Å². The van der Waals surface area contributed by atoms with Gasteiger partial charge in [-0.05, 0) is 55.2 Å². The Labute approximate surface area is 170 Å². The number of hydrogen-bond acceptors (Lipinski definition) is 5. The SMILES string of the molecule is CCOC(=O)c1cnn(-c2cccc(-c3cccc(NN)c3)c2)c1C1CC1.Cl. The first kappa shape index (κ1) is 19.9. The van der Waals surface area contributed by atoms with E-state index in [-0.39, 0.29) is 18.4 Å². The monoisotopic (exact) mass is 398 g/mol. The van der Waals surface area contributed by atoms with Gasteiger partial charge >= 0.3 is 5.97 Å². The van der Waals surface area contributed by atoms with Crippen molar-refractivity contribution in [2.24, 2.45) is 5.84 Å². The summed E-state index contributed by atoms with van der Waals surface area (Å²) in [4.78, 5) is 12.3. The lowest BCUT2D eigenvalue weighted by Gasteiger charge is -2.11. The van der Waals surface area contributed by atoms with E-state index in [1.165, 1.54) is 0 Å². The van der Waals surface area contributed by atoms with Crippen molar-refractivity contribution in [2.75, 3.05) is 12.0 Å². The van der Waals surface area contributed by atoms with Crippen molar-refractivity contribution in [3.63, 3.8) is 0 Å². The van der Waals surface area contributed by atoms with E-state index in [1.54, 1.807) is 6.20 Å². The number of nitrogens with zero attached hydrogens (tertiary/aromatic N) is 2. The molecule has 1 aliphatic carbocycles. The van der Waals surface area contributed by atoms with Crippen LogP contribution in [0.4, 0.5) is 5.69 Å². The molecule has 1 fully saturated rings. The lowest BCUT2D eigenvalue weighted by Crippen LogP contribution is -2.09. The second-order valence-corrected chi connectivity index (χ2v) is 6.63. The molecule has 1 aromatic heterocycles. The number of carbonyl (C=O) groups is 1. The average Bonchev–Trinajstić information content (AvgIpc) is 3.46.